The molecule has 27 heavy (non-hydrogen) atoms. The van der Waals surface area contributed by atoms with Gasteiger partial charge in [0.05, 0.1) is 31.7 Å². The van der Waals surface area contributed by atoms with Crippen LogP contribution in [0, 0.1) is 5.92 Å². The zero-order chi connectivity index (χ0) is 18.8. The van der Waals surface area contributed by atoms with Crippen molar-refractivity contribution in [3.05, 3.63) is 28.3 Å². The Morgan fingerprint density at radius 1 is 1.07 bits per heavy atom. The molecule has 0 unspecified atom stereocenters. The molecule has 1 aromatic carbocycles. The van der Waals surface area contributed by atoms with E-state index in [0.29, 0.717) is 35.0 Å². The van der Waals surface area contributed by atoms with Gasteiger partial charge in [-0.05, 0) is 37.7 Å². The molecule has 1 heterocycles. The molecule has 2 saturated carbocycles. The summed E-state index contributed by atoms with van der Waals surface area (Å²) in [4.78, 5) is 22.9. The number of hydrogen-bond acceptors (Lipinski definition) is 5. The third-order valence-electron chi connectivity index (χ3n) is 5.89. The molecule has 0 spiro atoms. The van der Waals surface area contributed by atoms with Gasteiger partial charge in [-0.25, -0.2) is 4.98 Å². The average molecular weight is 371 g/mol. The molecule has 6 heteroatoms. The molecule has 0 amide bonds. The fourth-order valence-corrected chi connectivity index (χ4v) is 4.27. The van der Waals surface area contributed by atoms with Gasteiger partial charge in [-0.1, -0.05) is 19.3 Å². The Labute approximate surface area is 159 Å². The van der Waals surface area contributed by atoms with Gasteiger partial charge >= 0.3 is 0 Å². The predicted molar refractivity (Wildman–Crippen MR) is 105 cm³/mol. The van der Waals surface area contributed by atoms with E-state index in [1.807, 2.05) is 0 Å². The summed E-state index contributed by atoms with van der Waals surface area (Å²) in [5, 5.41) is 0.529. The molecule has 0 bridgehead atoms. The van der Waals surface area contributed by atoms with Crippen molar-refractivity contribution in [2.24, 2.45) is 5.92 Å². The van der Waals surface area contributed by atoms with Crippen molar-refractivity contribution < 1.29 is 9.47 Å². The van der Waals surface area contributed by atoms with Gasteiger partial charge in [-0.2, -0.15) is 0 Å². The summed E-state index contributed by atoms with van der Waals surface area (Å²) < 4.78 is 10.7. The molecule has 2 aliphatic carbocycles. The van der Waals surface area contributed by atoms with Crippen molar-refractivity contribution in [1.82, 2.24) is 14.9 Å². The molecule has 6 nitrogen and oxygen atoms in total. The monoisotopic (exact) mass is 371 g/mol. The number of aromatic amines is 1. The van der Waals surface area contributed by atoms with E-state index in [9.17, 15) is 4.79 Å². The summed E-state index contributed by atoms with van der Waals surface area (Å²) in [6.07, 6.45) is 9.28. The van der Waals surface area contributed by atoms with Crippen LogP contribution in [0.1, 0.15) is 50.8 Å². The van der Waals surface area contributed by atoms with Gasteiger partial charge in [0.1, 0.15) is 5.82 Å². The third-order valence-corrected chi connectivity index (χ3v) is 5.89. The zero-order valence-corrected chi connectivity index (χ0v) is 16.3. The molecule has 0 aliphatic heterocycles. The summed E-state index contributed by atoms with van der Waals surface area (Å²) >= 11 is 0. The van der Waals surface area contributed by atoms with Crippen LogP contribution in [0.25, 0.3) is 10.9 Å². The van der Waals surface area contributed by atoms with Crippen molar-refractivity contribution in [1.29, 1.82) is 0 Å². The van der Waals surface area contributed by atoms with Crippen molar-refractivity contribution >= 4 is 10.9 Å². The number of fused-ring (bicyclic) bond motifs is 1. The SMILES string of the molecule is COc1cc2nc(CN(CC3CCCCC3)C3CC3)[nH]c(=O)c2cc1OC. The van der Waals surface area contributed by atoms with E-state index in [1.165, 1.54) is 44.9 Å². The van der Waals surface area contributed by atoms with Crippen molar-refractivity contribution in [3.8, 4) is 11.5 Å². The Morgan fingerprint density at radius 2 is 1.78 bits per heavy atom. The maximum Gasteiger partial charge on any atom is 0.258 e. The Kier molecular flexibility index (Phi) is 5.34. The van der Waals surface area contributed by atoms with E-state index >= 15 is 0 Å². The van der Waals surface area contributed by atoms with E-state index in [2.05, 4.69) is 9.88 Å². The van der Waals surface area contributed by atoms with Gasteiger partial charge in [0.2, 0.25) is 0 Å². The van der Waals surface area contributed by atoms with Crippen molar-refractivity contribution in [2.75, 3.05) is 20.8 Å². The number of benzene rings is 1. The maximum absolute atomic E-state index is 12.6. The molecule has 2 fully saturated rings. The second-order valence-corrected chi connectivity index (χ2v) is 7.90. The van der Waals surface area contributed by atoms with Crippen LogP contribution in [-0.4, -0.2) is 41.7 Å². The first-order valence-electron chi connectivity index (χ1n) is 10.1. The molecule has 1 N–H and O–H groups in total. The fourth-order valence-electron chi connectivity index (χ4n) is 4.27. The van der Waals surface area contributed by atoms with Gasteiger partial charge in [0.25, 0.3) is 5.56 Å². The second kappa shape index (κ2) is 7.89. The zero-order valence-electron chi connectivity index (χ0n) is 16.3. The van der Waals surface area contributed by atoms with Crippen LogP contribution in [0.5, 0.6) is 11.5 Å². The van der Waals surface area contributed by atoms with Crippen LogP contribution in [0.2, 0.25) is 0 Å². The number of ether oxygens (including phenoxy) is 2. The van der Waals surface area contributed by atoms with Crippen LogP contribution in [0.3, 0.4) is 0 Å². The first-order chi connectivity index (χ1) is 13.2. The van der Waals surface area contributed by atoms with Gasteiger partial charge < -0.3 is 14.5 Å². The molecular weight excluding hydrogens is 342 g/mol. The molecule has 2 aliphatic rings. The second-order valence-electron chi connectivity index (χ2n) is 7.90. The minimum absolute atomic E-state index is 0.121. The van der Waals surface area contributed by atoms with Crippen molar-refractivity contribution in [2.45, 2.75) is 57.5 Å². The summed E-state index contributed by atoms with van der Waals surface area (Å²) in [6.45, 7) is 1.83. The minimum Gasteiger partial charge on any atom is -0.493 e. The first kappa shape index (κ1) is 18.3. The Hall–Kier alpha value is -2.08. The van der Waals surface area contributed by atoms with Gasteiger partial charge in [-0.15, -0.1) is 0 Å². The molecule has 1 aromatic heterocycles. The normalized spacial score (nSPS) is 18.2. The smallest absolute Gasteiger partial charge is 0.258 e. The molecule has 0 radical (unpaired) electrons. The van der Waals surface area contributed by atoms with Crippen LogP contribution in [0.15, 0.2) is 16.9 Å². The highest BCUT2D eigenvalue weighted by Gasteiger charge is 2.31. The third kappa shape index (κ3) is 4.10. The van der Waals surface area contributed by atoms with E-state index in [-0.39, 0.29) is 5.56 Å². The van der Waals surface area contributed by atoms with Gasteiger partial charge in [0, 0.05) is 18.7 Å². The Bertz CT molecular complexity index is 854. The molecule has 2 aromatic rings. The Balaban J connectivity index is 1.59. The summed E-state index contributed by atoms with van der Waals surface area (Å²) in [5.41, 5.74) is 0.532. The van der Waals surface area contributed by atoms with Crippen LogP contribution in [-0.2, 0) is 6.54 Å². The van der Waals surface area contributed by atoms with Gasteiger partial charge in [0.15, 0.2) is 11.5 Å². The predicted octanol–water partition coefficient (Wildman–Crippen LogP) is 3.49. The lowest BCUT2D eigenvalue weighted by Crippen LogP contribution is -2.33. The molecule has 146 valence electrons. The standard InChI is InChI=1S/C21H29N3O3/c1-26-18-10-16-17(11-19(18)27-2)22-20(23-21(16)25)13-24(15-8-9-15)12-14-6-4-3-5-7-14/h10-11,14-15H,3-9,12-13H2,1-2H3,(H,22,23,25). The van der Waals surface area contributed by atoms with Crippen molar-refractivity contribution in [3.63, 3.8) is 0 Å². The van der Waals surface area contributed by atoms with Crippen LogP contribution in [0.4, 0.5) is 0 Å². The highest BCUT2D eigenvalue weighted by molar-refractivity contribution is 5.81. The topological polar surface area (TPSA) is 67.5 Å². The molecular formula is C21H29N3O3. The minimum atomic E-state index is -0.121. The lowest BCUT2D eigenvalue weighted by molar-refractivity contribution is 0.182. The number of nitrogens with zero attached hydrogens (tertiary/aromatic N) is 2. The van der Waals surface area contributed by atoms with Crippen LogP contribution >= 0.6 is 0 Å². The summed E-state index contributed by atoms with van der Waals surface area (Å²) in [7, 11) is 3.16. The Morgan fingerprint density at radius 3 is 2.44 bits per heavy atom. The lowest BCUT2D eigenvalue weighted by atomic mass is 9.89. The number of hydrogen-bond donors (Lipinski definition) is 1. The van der Waals surface area contributed by atoms with E-state index in [0.717, 1.165) is 18.3 Å². The first-order valence-corrected chi connectivity index (χ1v) is 10.1. The van der Waals surface area contributed by atoms with E-state index < -0.39 is 0 Å². The van der Waals surface area contributed by atoms with Crippen LogP contribution < -0.4 is 15.0 Å². The number of aromatic nitrogens is 2. The number of methoxy groups -OCH3 is 2. The highest BCUT2D eigenvalue weighted by atomic mass is 16.5. The largest absolute Gasteiger partial charge is 0.493 e. The number of H-pyrrole nitrogens is 1. The number of rotatable bonds is 7. The molecule has 0 saturated heterocycles. The quantitative estimate of drug-likeness (QED) is 0.807. The van der Waals surface area contributed by atoms with Gasteiger partial charge in [-0.3, -0.25) is 9.69 Å². The molecule has 4 rings (SSSR count). The maximum atomic E-state index is 12.6. The fraction of sp³-hybridized carbons (Fsp3) is 0.619. The average Bonchev–Trinajstić information content (AvgIpc) is 3.52. The van der Waals surface area contributed by atoms with E-state index in [4.69, 9.17) is 14.5 Å². The summed E-state index contributed by atoms with van der Waals surface area (Å²) in [5.74, 6) is 2.66. The molecule has 0 atom stereocenters. The summed E-state index contributed by atoms with van der Waals surface area (Å²) in [6, 6.07) is 4.14. The number of nitrogens with one attached hydrogen (secondary N) is 1. The lowest BCUT2D eigenvalue weighted by Gasteiger charge is -2.29. The highest BCUT2D eigenvalue weighted by Crippen LogP contribution is 2.33. The van der Waals surface area contributed by atoms with E-state index in [1.54, 1.807) is 26.4 Å².